The van der Waals surface area contributed by atoms with Crippen molar-refractivity contribution in [3.8, 4) is 0 Å². The fraction of sp³-hybridized carbons (Fsp3) is 0.650. The number of nitrogens with zero attached hydrogens (tertiary/aromatic N) is 3. The van der Waals surface area contributed by atoms with Gasteiger partial charge in [-0.1, -0.05) is 71.4 Å². The van der Waals surface area contributed by atoms with Crippen LogP contribution in [0.4, 0.5) is 4.79 Å². The molecule has 7 atom stereocenters. The van der Waals surface area contributed by atoms with Crippen LogP contribution in [0.15, 0.2) is 35.7 Å². The Labute approximate surface area is 324 Å². The highest BCUT2D eigenvalue weighted by Gasteiger charge is 2.39. The molecule has 1 aliphatic heterocycles. The highest BCUT2D eigenvalue weighted by molar-refractivity contribution is 7.09. The van der Waals surface area contributed by atoms with Crippen molar-refractivity contribution in [3.63, 3.8) is 0 Å². The standard InChI is InChI=1S/C40H61N5O8S/c1-10-25(4)33(43-35(48)30-18-14-15-19-45(30)39(52)53-40(6,7)8)37(49)44(9)31(24(2)3)22-32(46)36-42-29(23-54-36)34(47)41-28(20-26(5)38(50)51)21-27-16-12-11-13-17-27/h11-13,16-17,23-26,28,30-33,46H,10,14-15,18-22H2,1-9H3,(H,41,47)(H,43,48)(H,50,51)/t25-,26-,28+,30+,31+,32+,33-/m0/s1. The van der Waals surface area contributed by atoms with Crippen molar-refractivity contribution >= 4 is 41.1 Å². The molecule has 4 N–H and O–H groups in total. The number of carbonyl (C=O) groups excluding carboxylic acids is 4. The Bertz CT molecular complexity index is 1560. The van der Waals surface area contributed by atoms with Gasteiger partial charge in [0.1, 0.15) is 34.5 Å². The number of aliphatic carboxylic acids is 1. The molecule has 14 heteroatoms. The summed E-state index contributed by atoms with van der Waals surface area (Å²) in [6.45, 7) is 15.1. The molecule has 1 fully saturated rings. The second kappa shape index (κ2) is 20.0. The normalized spacial score (nSPS) is 18.1. The third-order valence-electron chi connectivity index (χ3n) is 10.0. The summed E-state index contributed by atoms with van der Waals surface area (Å²) in [4.78, 5) is 73.4. The predicted octanol–water partition coefficient (Wildman–Crippen LogP) is 5.82. The molecule has 0 radical (unpaired) electrons. The Balaban J connectivity index is 1.73. The largest absolute Gasteiger partial charge is 0.481 e. The van der Waals surface area contributed by atoms with Crippen LogP contribution in [-0.4, -0.2) is 98.1 Å². The quantitative estimate of drug-likeness (QED) is 0.154. The maximum Gasteiger partial charge on any atom is 0.410 e. The van der Waals surface area contributed by atoms with Crippen molar-refractivity contribution in [1.82, 2.24) is 25.4 Å². The van der Waals surface area contributed by atoms with Gasteiger partial charge in [-0.2, -0.15) is 0 Å². The molecule has 1 aliphatic rings. The number of rotatable bonds is 17. The molecule has 2 heterocycles. The van der Waals surface area contributed by atoms with E-state index in [2.05, 4.69) is 15.6 Å². The lowest BCUT2D eigenvalue weighted by molar-refractivity contribution is -0.141. The zero-order chi connectivity index (χ0) is 40.3. The van der Waals surface area contributed by atoms with Gasteiger partial charge in [-0.25, -0.2) is 9.78 Å². The highest BCUT2D eigenvalue weighted by Crippen LogP contribution is 2.29. The molecule has 4 amide bonds. The molecular weight excluding hydrogens is 711 g/mol. The van der Waals surface area contributed by atoms with Gasteiger partial charge >= 0.3 is 12.1 Å². The van der Waals surface area contributed by atoms with Crippen LogP contribution in [0.1, 0.15) is 121 Å². The van der Waals surface area contributed by atoms with Crippen molar-refractivity contribution in [1.29, 1.82) is 0 Å². The van der Waals surface area contributed by atoms with E-state index in [0.717, 1.165) is 29.7 Å². The number of amides is 4. The molecule has 1 aromatic heterocycles. The summed E-state index contributed by atoms with van der Waals surface area (Å²) in [5.41, 5.74) is 0.355. The van der Waals surface area contributed by atoms with Crippen LogP contribution in [0, 0.1) is 17.8 Å². The molecule has 0 aliphatic carbocycles. The average molecular weight is 772 g/mol. The third kappa shape index (κ3) is 12.8. The first-order valence-corrected chi connectivity index (χ1v) is 20.0. The SMILES string of the molecule is CC[C@H](C)[C@H](NC(=O)[C@H]1CCCCN1C(=O)OC(C)(C)C)C(=O)N(C)[C@H](C[C@@H](O)c1nc(C(=O)N[C@@H](Cc2ccccc2)C[C@H](C)C(=O)O)cs1)C(C)C. The first kappa shape index (κ1) is 44.4. The van der Waals surface area contributed by atoms with Crippen LogP contribution in [0.5, 0.6) is 0 Å². The molecule has 2 aromatic rings. The Hall–Kier alpha value is -4.04. The minimum Gasteiger partial charge on any atom is -0.481 e. The van der Waals surface area contributed by atoms with Gasteiger partial charge in [-0.3, -0.25) is 24.1 Å². The molecule has 54 heavy (non-hydrogen) atoms. The van der Waals surface area contributed by atoms with Crippen molar-refractivity contribution in [3.05, 3.63) is 52.0 Å². The zero-order valence-corrected chi connectivity index (χ0v) is 34.2. The summed E-state index contributed by atoms with van der Waals surface area (Å²) < 4.78 is 5.58. The summed E-state index contributed by atoms with van der Waals surface area (Å²) in [6, 6.07) is 6.98. The van der Waals surface area contributed by atoms with Gasteiger partial charge in [0.25, 0.3) is 5.91 Å². The van der Waals surface area contributed by atoms with E-state index >= 15 is 0 Å². The fourth-order valence-corrected chi connectivity index (χ4v) is 7.49. The number of hydrogen-bond donors (Lipinski definition) is 4. The number of likely N-dealkylation sites (N-methyl/N-ethyl adjacent to an activating group) is 1. The number of thiazole rings is 1. The second-order valence-corrected chi connectivity index (χ2v) is 16.9. The average Bonchev–Trinajstić information content (AvgIpc) is 3.62. The number of carboxylic acids is 1. The van der Waals surface area contributed by atoms with E-state index < -0.39 is 65.7 Å². The van der Waals surface area contributed by atoms with Crippen LogP contribution >= 0.6 is 11.3 Å². The third-order valence-corrected chi connectivity index (χ3v) is 11.0. The lowest BCUT2D eigenvalue weighted by Crippen LogP contribution is -2.59. The first-order valence-electron chi connectivity index (χ1n) is 19.1. The monoisotopic (exact) mass is 771 g/mol. The van der Waals surface area contributed by atoms with Gasteiger partial charge in [0.15, 0.2) is 0 Å². The van der Waals surface area contributed by atoms with Crippen molar-refractivity contribution in [2.24, 2.45) is 17.8 Å². The number of carbonyl (C=O) groups is 5. The number of carboxylic acid groups (broad SMARTS) is 1. The van der Waals surface area contributed by atoms with E-state index in [1.54, 1.807) is 45.0 Å². The van der Waals surface area contributed by atoms with Crippen LogP contribution in [0.25, 0.3) is 0 Å². The van der Waals surface area contributed by atoms with E-state index in [0.29, 0.717) is 30.8 Å². The minimum atomic E-state index is -1.09. The summed E-state index contributed by atoms with van der Waals surface area (Å²) in [7, 11) is 1.67. The summed E-state index contributed by atoms with van der Waals surface area (Å²) in [5, 5.41) is 28.7. The first-order chi connectivity index (χ1) is 25.3. The van der Waals surface area contributed by atoms with Gasteiger partial charge in [0, 0.05) is 37.5 Å². The van der Waals surface area contributed by atoms with Gasteiger partial charge in [-0.15, -0.1) is 11.3 Å². The Morgan fingerprint density at radius 3 is 2.30 bits per heavy atom. The summed E-state index contributed by atoms with van der Waals surface area (Å²) >= 11 is 1.14. The number of ether oxygens (including phenoxy) is 1. The molecule has 13 nitrogen and oxygen atoms in total. The van der Waals surface area contributed by atoms with E-state index in [1.165, 1.54) is 4.90 Å². The topological polar surface area (TPSA) is 178 Å². The predicted molar refractivity (Wildman–Crippen MR) is 208 cm³/mol. The smallest absolute Gasteiger partial charge is 0.410 e. The zero-order valence-electron chi connectivity index (χ0n) is 33.3. The number of likely N-dealkylation sites (tertiary alicyclic amines) is 1. The molecule has 0 bridgehead atoms. The maximum absolute atomic E-state index is 14.2. The molecule has 0 unspecified atom stereocenters. The molecule has 1 aromatic carbocycles. The molecule has 1 saturated heterocycles. The van der Waals surface area contributed by atoms with E-state index in [4.69, 9.17) is 4.74 Å². The highest BCUT2D eigenvalue weighted by atomic mass is 32.1. The Morgan fingerprint density at radius 1 is 1.04 bits per heavy atom. The molecule has 0 saturated carbocycles. The summed E-state index contributed by atoms with van der Waals surface area (Å²) in [6.07, 6.45) is 1.77. The van der Waals surface area contributed by atoms with Crippen molar-refractivity contribution in [2.75, 3.05) is 13.6 Å². The van der Waals surface area contributed by atoms with Gasteiger partial charge in [-0.05, 0) is 70.3 Å². The second-order valence-electron chi connectivity index (χ2n) is 16.0. The molecule has 3 rings (SSSR count). The van der Waals surface area contributed by atoms with E-state index in [1.807, 2.05) is 58.0 Å². The van der Waals surface area contributed by atoms with E-state index in [9.17, 15) is 34.2 Å². The number of benzene rings is 1. The lowest BCUT2D eigenvalue weighted by atomic mass is 9.92. The van der Waals surface area contributed by atoms with Crippen LogP contribution in [0.3, 0.4) is 0 Å². The van der Waals surface area contributed by atoms with Crippen molar-refractivity contribution in [2.45, 2.75) is 136 Å². The maximum atomic E-state index is 14.2. The number of hydrogen-bond acceptors (Lipinski definition) is 9. The summed E-state index contributed by atoms with van der Waals surface area (Å²) in [5.74, 6) is -3.09. The van der Waals surface area contributed by atoms with E-state index in [-0.39, 0.29) is 36.3 Å². The fourth-order valence-electron chi connectivity index (χ4n) is 6.69. The minimum absolute atomic E-state index is 0.0828. The number of aliphatic hydroxyl groups is 1. The van der Waals surface area contributed by atoms with Crippen LogP contribution < -0.4 is 10.6 Å². The lowest BCUT2D eigenvalue weighted by Gasteiger charge is -2.39. The van der Waals surface area contributed by atoms with Gasteiger partial charge in [0.05, 0.1) is 5.92 Å². The van der Waals surface area contributed by atoms with Gasteiger partial charge < -0.3 is 30.5 Å². The molecular formula is C40H61N5O8S. The Morgan fingerprint density at radius 2 is 1.70 bits per heavy atom. The van der Waals surface area contributed by atoms with Crippen LogP contribution in [0.2, 0.25) is 0 Å². The number of piperidine rings is 1. The van der Waals surface area contributed by atoms with Gasteiger partial charge in [0.2, 0.25) is 11.8 Å². The number of aliphatic hydroxyl groups excluding tert-OH is 1. The number of aromatic nitrogens is 1. The van der Waals surface area contributed by atoms with Crippen molar-refractivity contribution < 1.29 is 38.9 Å². The van der Waals surface area contributed by atoms with Crippen LogP contribution in [-0.2, 0) is 25.5 Å². The number of nitrogens with one attached hydrogen (secondary N) is 2. The Kier molecular flexibility index (Phi) is 16.5. The molecule has 0 spiro atoms. The molecule has 300 valence electrons.